The van der Waals surface area contributed by atoms with Crippen molar-refractivity contribution in [1.82, 2.24) is 0 Å². The lowest BCUT2D eigenvalue weighted by Crippen LogP contribution is -2.12. The second-order valence-electron chi connectivity index (χ2n) is 4.86. The number of hydrogen-bond donors (Lipinski definition) is 1. The minimum Gasteiger partial charge on any atom is -0.484 e. The van der Waals surface area contributed by atoms with Crippen LogP contribution in [0.25, 0.3) is 0 Å². The Labute approximate surface area is 122 Å². The molecule has 1 aromatic carbocycles. The van der Waals surface area contributed by atoms with Crippen LogP contribution in [0.4, 0.5) is 5.69 Å². The van der Waals surface area contributed by atoms with E-state index in [-0.39, 0.29) is 30.2 Å². The molecule has 0 atom stereocenters. The van der Waals surface area contributed by atoms with Crippen LogP contribution in [-0.4, -0.2) is 35.8 Å². The number of nitrogens with zero attached hydrogens (tertiary/aromatic N) is 1. The molecule has 0 fully saturated rings. The maximum atomic E-state index is 11.1. The highest BCUT2D eigenvalue weighted by Gasteiger charge is 2.22. The molecule has 0 heterocycles. The predicted octanol–water partition coefficient (Wildman–Crippen LogP) is 2.73. The van der Waals surface area contributed by atoms with Crippen LogP contribution in [0.2, 0.25) is 0 Å². The molecule has 1 rings (SSSR count). The van der Waals surface area contributed by atoms with Gasteiger partial charge in [-0.2, -0.15) is 0 Å². The van der Waals surface area contributed by atoms with Gasteiger partial charge in [-0.1, -0.05) is 19.9 Å². The zero-order valence-corrected chi connectivity index (χ0v) is 12.1. The lowest BCUT2D eigenvalue weighted by atomic mass is 10.1. The van der Waals surface area contributed by atoms with E-state index in [4.69, 9.17) is 14.6 Å². The molecule has 0 spiro atoms. The van der Waals surface area contributed by atoms with Gasteiger partial charge in [-0.05, 0) is 18.4 Å². The van der Waals surface area contributed by atoms with Gasteiger partial charge in [0.2, 0.25) is 5.75 Å². The maximum Gasteiger partial charge on any atom is 0.339 e. The molecule has 0 aromatic heterocycles. The number of carbonyl (C=O) groups is 1. The molecule has 7 nitrogen and oxygen atoms in total. The molecule has 7 heteroatoms. The van der Waals surface area contributed by atoms with Gasteiger partial charge in [0, 0.05) is 12.7 Å². The molecule has 0 aliphatic carbocycles. The van der Waals surface area contributed by atoms with E-state index in [0.29, 0.717) is 12.5 Å². The minimum absolute atomic E-state index is 0.0588. The number of hydrogen-bond acceptors (Lipinski definition) is 5. The summed E-state index contributed by atoms with van der Waals surface area (Å²) in [4.78, 5) is 21.3. The highest BCUT2D eigenvalue weighted by Crippen LogP contribution is 2.30. The van der Waals surface area contributed by atoms with E-state index >= 15 is 0 Å². The van der Waals surface area contributed by atoms with E-state index in [2.05, 4.69) is 13.8 Å². The van der Waals surface area contributed by atoms with Crippen molar-refractivity contribution in [3.8, 4) is 5.75 Å². The number of rotatable bonds is 9. The smallest absolute Gasteiger partial charge is 0.339 e. The summed E-state index contributed by atoms with van der Waals surface area (Å²) in [5, 5.41) is 19.9. The molecule has 0 bridgehead atoms. The number of aromatic carboxylic acids is 1. The van der Waals surface area contributed by atoms with Crippen molar-refractivity contribution in [3.05, 3.63) is 33.9 Å². The first-order valence-corrected chi connectivity index (χ1v) is 6.64. The number of ether oxygens (including phenoxy) is 2. The van der Waals surface area contributed by atoms with Crippen molar-refractivity contribution in [2.24, 2.45) is 5.92 Å². The Morgan fingerprint density at radius 2 is 2.05 bits per heavy atom. The summed E-state index contributed by atoms with van der Waals surface area (Å²) in [6.45, 7) is 5.03. The molecule has 0 unspecified atom stereocenters. The van der Waals surface area contributed by atoms with E-state index in [1.165, 1.54) is 18.2 Å². The Morgan fingerprint density at radius 1 is 1.33 bits per heavy atom. The third kappa shape index (κ3) is 5.39. The van der Waals surface area contributed by atoms with Gasteiger partial charge < -0.3 is 14.6 Å². The van der Waals surface area contributed by atoms with E-state index in [1.807, 2.05) is 0 Å². The molecular weight excluding hydrogens is 278 g/mol. The SMILES string of the molecule is CC(C)CCOCCOc1c(C(=O)O)cccc1[N+](=O)[O-]. The lowest BCUT2D eigenvalue weighted by Gasteiger charge is -2.10. The fourth-order valence-corrected chi connectivity index (χ4v) is 1.61. The second kappa shape index (κ2) is 8.21. The number of nitro groups is 1. The van der Waals surface area contributed by atoms with Gasteiger partial charge in [0.1, 0.15) is 12.2 Å². The third-order valence-electron chi connectivity index (χ3n) is 2.73. The number of carboxylic acids is 1. The topological polar surface area (TPSA) is 98.9 Å². The molecule has 0 radical (unpaired) electrons. The molecule has 0 aliphatic rings. The molecule has 0 saturated carbocycles. The molecule has 116 valence electrons. The fourth-order valence-electron chi connectivity index (χ4n) is 1.61. The van der Waals surface area contributed by atoms with Crippen molar-refractivity contribution in [1.29, 1.82) is 0 Å². The van der Waals surface area contributed by atoms with E-state index in [0.717, 1.165) is 6.42 Å². The summed E-state index contributed by atoms with van der Waals surface area (Å²) in [5.74, 6) is -0.975. The van der Waals surface area contributed by atoms with Crippen LogP contribution in [0, 0.1) is 16.0 Å². The van der Waals surface area contributed by atoms with E-state index in [1.54, 1.807) is 0 Å². The Hall–Kier alpha value is -2.15. The normalized spacial score (nSPS) is 10.6. The highest BCUT2D eigenvalue weighted by atomic mass is 16.6. The monoisotopic (exact) mass is 297 g/mol. The molecule has 1 N–H and O–H groups in total. The van der Waals surface area contributed by atoms with E-state index < -0.39 is 10.9 Å². The molecule has 0 amide bonds. The van der Waals surface area contributed by atoms with Crippen LogP contribution in [-0.2, 0) is 4.74 Å². The standard InChI is InChI=1S/C14H19NO6/c1-10(2)6-7-20-8-9-21-13-11(14(16)17)4-3-5-12(13)15(18)19/h3-5,10H,6-9H2,1-2H3,(H,16,17). The summed E-state index contributed by atoms with van der Waals surface area (Å²) in [6, 6.07) is 3.79. The van der Waals surface area contributed by atoms with Crippen LogP contribution < -0.4 is 4.74 Å². The Balaban J connectivity index is 2.64. The van der Waals surface area contributed by atoms with Gasteiger partial charge in [0.05, 0.1) is 11.5 Å². The van der Waals surface area contributed by atoms with Crippen molar-refractivity contribution >= 4 is 11.7 Å². The predicted molar refractivity (Wildman–Crippen MR) is 75.8 cm³/mol. The first kappa shape index (κ1) is 16.9. The Morgan fingerprint density at radius 3 is 2.62 bits per heavy atom. The third-order valence-corrected chi connectivity index (χ3v) is 2.73. The molecule has 21 heavy (non-hydrogen) atoms. The molecule has 0 aliphatic heterocycles. The summed E-state index contributed by atoms with van der Waals surface area (Å²) in [6.07, 6.45) is 0.909. The van der Waals surface area contributed by atoms with Crippen molar-refractivity contribution in [3.63, 3.8) is 0 Å². The number of para-hydroxylation sites is 1. The first-order valence-electron chi connectivity index (χ1n) is 6.64. The second-order valence-corrected chi connectivity index (χ2v) is 4.86. The van der Waals surface area contributed by atoms with Crippen molar-refractivity contribution in [2.75, 3.05) is 19.8 Å². The summed E-state index contributed by atoms with van der Waals surface area (Å²) >= 11 is 0. The quantitative estimate of drug-likeness (QED) is 0.427. The largest absolute Gasteiger partial charge is 0.484 e. The zero-order chi connectivity index (χ0) is 15.8. The fraction of sp³-hybridized carbons (Fsp3) is 0.500. The minimum atomic E-state index is -1.27. The molecule has 0 saturated heterocycles. The highest BCUT2D eigenvalue weighted by molar-refractivity contribution is 5.92. The van der Waals surface area contributed by atoms with Gasteiger partial charge in [-0.15, -0.1) is 0 Å². The average Bonchev–Trinajstić information content (AvgIpc) is 2.41. The number of nitro benzene ring substituents is 1. The van der Waals surface area contributed by atoms with Gasteiger partial charge in [-0.25, -0.2) is 4.79 Å². The van der Waals surface area contributed by atoms with Crippen LogP contribution in [0.15, 0.2) is 18.2 Å². The first-order chi connectivity index (χ1) is 9.93. The van der Waals surface area contributed by atoms with E-state index in [9.17, 15) is 14.9 Å². The molecule has 1 aromatic rings. The summed E-state index contributed by atoms with van der Waals surface area (Å²) < 4.78 is 10.6. The maximum absolute atomic E-state index is 11.1. The van der Waals surface area contributed by atoms with Crippen LogP contribution in [0.3, 0.4) is 0 Å². The van der Waals surface area contributed by atoms with Crippen molar-refractivity contribution in [2.45, 2.75) is 20.3 Å². The van der Waals surface area contributed by atoms with Gasteiger partial charge in [0.25, 0.3) is 0 Å². The van der Waals surface area contributed by atoms with Gasteiger partial charge in [0.15, 0.2) is 0 Å². The summed E-state index contributed by atoms with van der Waals surface area (Å²) in [7, 11) is 0. The summed E-state index contributed by atoms with van der Waals surface area (Å²) in [5.41, 5.74) is -0.594. The zero-order valence-electron chi connectivity index (χ0n) is 12.1. The van der Waals surface area contributed by atoms with Crippen LogP contribution in [0.1, 0.15) is 30.6 Å². The Bertz CT molecular complexity index is 468. The lowest BCUT2D eigenvalue weighted by molar-refractivity contribution is -0.385. The van der Waals surface area contributed by atoms with Crippen LogP contribution >= 0.6 is 0 Å². The van der Waals surface area contributed by atoms with Crippen LogP contribution in [0.5, 0.6) is 5.75 Å². The van der Waals surface area contributed by atoms with Gasteiger partial charge in [-0.3, -0.25) is 10.1 Å². The van der Waals surface area contributed by atoms with Gasteiger partial charge >= 0.3 is 11.7 Å². The number of carboxylic acid groups (broad SMARTS) is 1. The Kier molecular flexibility index (Phi) is 6.61. The number of benzene rings is 1. The van der Waals surface area contributed by atoms with Crippen molar-refractivity contribution < 1.29 is 24.3 Å². The molecular formula is C14H19NO6. The average molecular weight is 297 g/mol.